The Morgan fingerprint density at radius 2 is 1.90 bits per heavy atom. The van der Waals surface area contributed by atoms with E-state index >= 15 is 0 Å². The molecule has 2 unspecified atom stereocenters. The minimum absolute atomic E-state index is 0.156. The Balaban J connectivity index is 1.35. The standard InChI is InChI=1S/C24H26BrN5O/c1-29-23(21(25)15-26-29)17-11-18(13-19(12-17)30-9-5-6-10-30)27-24(31)28-22-14-20(22)16-7-3-2-4-8-16/h2-4,7-8,11-13,15,20,22H,5-6,9-10,14H2,1H3,(H2,27,28,31). The van der Waals surface area contributed by atoms with Crippen LogP contribution >= 0.6 is 15.9 Å². The molecule has 2 heterocycles. The van der Waals surface area contributed by atoms with Gasteiger partial charge < -0.3 is 15.5 Å². The van der Waals surface area contributed by atoms with E-state index in [4.69, 9.17) is 0 Å². The number of nitrogens with zero attached hydrogens (tertiary/aromatic N) is 3. The first-order chi connectivity index (χ1) is 15.1. The summed E-state index contributed by atoms with van der Waals surface area (Å²) in [6, 6.07) is 16.7. The molecule has 160 valence electrons. The van der Waals surface area contributed by atoms with Gasteiger partial charge in [-0.25, -0.2) is 4.79 Å². The molecule has 2 aliphatic rings. The van der Waals surface area contributed by atoms with Gasteiger partial charge in [0.15, 0.2) is 0 Å². The summed E-state index contributed by atoms with van der Waals surface area (Å²) in [6.07, 6.45) is 5.18. The van der Waals surface area contributed by atoms with E-state index in [-0.39, 0.29) is 12.1 Å². The first-order valence-corrected chi connectivity index (χ1v) is 11.6. The van der Waals surface area contributed by atoms with Gasteiger partial charge in [0, 0.05) is 49.0 Å². The molecule has 0 bridgehead atoms. The van der Waals surface area contributed by atoms with Gasteiger partial charge in [-0.05, 0) is 59.0 Å². The maximum absolute atomic E-state index is 12.7. The zero-order valence-electron chi connectivity index (χ0n) is 17.5. The molecule has 1 saturated heterocycles. The van der Waals surface area contributed by atoms with Crippen molar-refractivity contribution in [2.24, 2.45) is 7.05 Å². The van der Waals surface area contributed by atoms with E-state index in [2.05, 4.69) is 60.8 Å². The van der Waals surface area contributed by atoms with Crippen molar-refractivity contribution in [2.45, 2.75) is 31.2 Å². The highest BCUT2D eigenvalue weighted by Gasteiger charge is 2.39. The maximum atomic E-state index is 12.7. The number of anilines is 2. The lowest BCUT2D eigenvalue weighted by atomic mass is 10.1. The number of amides is 2. The van der Waals surface area contributed by atoms with Crippen LogP contribution in [0.5, 0.6) is 0 Å². The molecule has 1 aliphatic heterocycles. The quantitative estimate of drug-likeness (QED) is 0.533. The normalized spacial score (nSPS) is 20.0. The van der Waals surface area contributed by atoms with Gasteiger partial charge >= 0.3 is 6.03 Å². The molecule has 2 aromatic carbocycles. The number of aryl methyl sites for hydroxylation is 1. The van der Waals surface area contributed by atoms with Crippen LogP contribution in [0.1, 0.15) is 30.7 Å². The van der Waals surface area contributed by atoms with Crippen LogP contribution in [0.3, 0.4) is 0 Å². The number of halogens is 1. The third-order valence-corrected chi connectivity index (χ3v) is 6.73. The number of hydrogen-bond donors (Lipinski definition) is 2. The van der Waals surface area contributed by atoms with Crippen molar-refractivity contribution in [1.82, 2.24) is 15.1 Å². The number of urea groups is 1. The van der Waals surface area contributed by atoms with E-state index in [1.54, 1.807) is 6.20 Å². The highest BCUT2D eigenvalue weighted by molar-refractivity contribution is 9.10. The fraction of sp³-hybridized carbons (Fsp3) is 0.333. The summed E-state index contributed by atoms with van der Waals surface area (Å²) < 4.78 is 2.79. The van der Waals surface area contributed by atoms with Gasteiger partial charge in [0.2, 0.25) is 0 Å². The second-order valence-electron chi connectivity index (χ2n) is 8.39. The summed E-state index contributed by atoms with van der Waals surface area (Å²) >= 11 is 3.61. The van der Waals surface area contributed by atoms with Gasteiger partial charge in [-0.3, -0.25) is 4.68 Å². The number of benzene rings is 2. The first-order valence-electron chi connectivity index (χ1n) is 10.8. The lowest BCUT2D eigenvalue weighted by Crippen LogP contribution is -2.31. The van der Waals surface area contributed by atoms with Gasteiger partial charge in [-0.15, -0.1) is 0 Å². The van der Waals surface area contributed by atoms with Crippen molar-refractivity contribution in [2.75, 3.05) is 23.3 Å². The smallest absolute Gasteiger partial charge is 0.319 e. The van der Waals surface area contributed by atoms with Crippen LogP contribution in [0.15, 0.2) is 59.2 Å². The zero-order valence-corrected chi connectivity index (χ0v) is 19.1. The van der Waals surface area contributed by atoms with Gasteiger partial charge in [0.25, 0.3) is 0 Å². The fourth-order valence-corrected chi connectivity index (χ4v) is 5.05. The topological polar surface area (TPSA) is 62.2 Å². The molecular formula is C24H26BrN5O. The second kappa shape index (κ2) is 8.38. The van der Waals surface area contributed by atoms with Crippen molar-refractivity contribution >= 4 is 33.3 Å². The molecule has 31 heavy (non-hydrogen) atoms. The highest BCUT2D eigenvalue weighted by atomic mass is 79.9. The largest absolute Gasteiger partial charge is 0.371 e. The van der Waals surface area contributed by atoms with Gasteiger partial charge in [-0.2, -0.15) is 5.10 Å². The minimum Gasteiger partial charge on any atom is -0.371 e. The number of carbonyl (C=O) groups excluding carboxylic acids is 1. The summed E-state index contributed by atoms with van der Waals surface area (Å²) in [5.74, 6) is 0.406. The van der Waals surface area contributed by atoms with Gasteiger partial charge in [-0.1, -0.05) is 30.3 Å². The molecule has 2 atom stereocenters. The predicted octanol–water partition coefficient (Wildman–Crippen LogP) is 5.13. The Bertz CT molecular complexity index is 1070. The number of aromatic nitrogens is 2. The Morgan fingerprint density at radius 1 is 1.13 bits per heavy atom. The van der Waals surface area contributed by atoms with Crippen molar-refractivity contribution in [3.8, 4) is 11.3 Å². The Kier molecular flexibility index (Phi) is 5.44. The molecule has 0 radical (unpaired) electrons. The second-order valence-corrected chi connectivity index (χ2v) is 9.24. The van der Waals surface area contributed by atoms with E-state index in [9.17, 15) is 4.79 Å². The summed E-state index contributed by atoms with van der Waals surface area (Å²) in [6.45, 7) is 2.09. The van der Waals surface area contributed by atoms with E-state index < -0.39 is 0 Å². The highest BCUT2D eigenvalue weighted by Crippen LogP contribution is 2.40. The molecule has 1 aromatic heterocycles. The van der Waals surface area contributed by atoms with Crippen LogP contribution in [-0.4, -0.2) is 34.9 Å². The number of rotatable bonds is 5. The van der Waals surface area contributed by atoms with Crippen LogP contribution in [0.25, 0.3) is 11.3 Å². The summed E-state index contributed by atoms with van der Waals surface area (Å²) in [5.41, 5.74) is 5.23. The minimum atomic E-state index is -0.156. The van der Waals surface area contributed by atoms with Crippen molar-refractivity contribution in [1.29, 1.82) is 0 Å². The monoisotopic (exact) mass is 479 g/mol. The van der Waals surface area contributed by atoms with Crippen LogP contribution in [-0.2, 0) is 7.05 Å². The predicted molar refractivity (Wildman–Crippen MR) is 128 cm³/mol. The van der Waals surface area contributed by atoms with Crippen molar-refractivity contribution < 1.29 is 4.79 Å². The lowest BCUT2D eigenvalue weighted by Gasteiger charge is -2.20. The molecule has 0 spiro atoms. The Labute approximate surface area is 190 Å². The van der Waals surface area contributed by atoms with Crippen LogP contribution in [0, 0.1) is 0 Å². The molecule has 1 saturated carbocycles. The SMILES string of the molecule is Cn1ncc(Br)c1-c1cc(NC(=O)NC2CC2c2ccccc2)cc(N2CCCC2)c1. The molecule has 7 heteroatoms. The van der Waals surface area contributed by atoms with E-state index in [0.29, 0.717) is 5.92 Å². The van der Waals surface area contributed by atoms with E-state index in [0.717, 1.165) is 46.6 Å². The third-order valence-electron chi connectivity index (χ3n) is 6.15. The number of carbonyl (C=O) groups is 1. The fourth-order valence-electron chi connectivity index (χ4n) is 4.47. The Hall–Kier alpha value is -2.80. The van der Waals surface area contributed by atoms with Crippen molar-refractivity contribution in [3.05, 3.63) is 64.8 Å². The number of nitrogens with one attached hydrogen (secondary N) is 2. The van der Waals surface area contributed by atoms with E-state index in [1.807, 2.05) is 36.0 Å². The molecule has 5 rings (SSSR count). The lowest BCUT2D eigenvalue weighted by molar-refractivity contribution is 0.251. The average Bonchev–Trinajstić information content (AvgIpc) is 3.15. The molecule has 2 fully saturated rings. The summed E-state index contributed by atoms with van der Waals surface area (Å²) in [4.78, 5) is 15.1. The molecule has 1 aliphatic carbocycles. The Morgan fingerprint density at radius 3 is 2.61 bits per heavy atom. The van der Waals surface area contributed by atoms with Crippen LogP contribution in [0.2, 0.25) is 0 Å². The first kappa shape index (κ1) is 20.1. The van der Waals surface area contributed by atoms with Crippen molar-refractivity contribution in [3.63, 3.8) is 0 Å². The number of hydrogen-bond acceptors (Lipinski definition) is 3. The molecular weight excluding hydrogens is 454 g/mol. The van der Waals surface area contributed by atoms with Crippen LogP contribution < -0.4 is 15.5 Å². The third kappa shape index (κ3) is 4.32. The summed E-state index contributed by atoms with van der Waals surface area (Å²) in [5, 5.41) is 10.5. The molecule has 2 amide bonds. The van der Waals surface area contributed by atoms with Gasteiger partial charge in [0.1, 0.15) is 0 Å². The average molecular weight is 480 g/mol. The van der Waals surface area contributed by atoms with E-state index in [1.165, 1.54) is 18.4 Å². The molecule has 2 N–H and O–H groups in total. The molecule has 6 nitrogen and oxygen atoms in total. The molecule has 3 aromatic rings. The summed E-state index contributed by atoms with van der Waals surface area (Å²) in [7, 11) is 1.93. The van der Waals surface area contributed by atoms with Crippen LogP contribution in [0.4, 0.5) is 16.2 Å². The maximum Gasteiger partial charge on any atom is 0.319 e. The zero-order chi connectivity index (χ0) is 21.4. The van der Waals surface area contributed by atoms with Gasteiger partial charge in [0.05, 0.1) is 16.4 Å².